The molecular weight excluding hydrogens is 354 g/mol. The largest absolute Gasteiger partial charge is 0.379 e. The van der Waals surface area contributed by atoms with Crippen molar-refractivity contribution in [2.24, 2.45) is 11.1 Å². The lowest BCUT2D eigenvalue weighted by Crippen LogP contribution is -2.54. The highest BCUT2D eigenvalue weighted by Crippen LogP contribution is 2.29. The second kappa shape index (κ2) is 7.26. The first-order chi connectivity index (χ1) is 12.2. The van der Waals surface area contributed by atoms with Crippen molar-refractivity contribution in [3.05, 3.63) is 29.8 Å². The van der Waals surface area contributed by atoms with Gasteiger partial charge in [0.1, 0.15) is 0 Å². The molecule has 1 unspecified atom stereocenters. The van der Waals surface area contributed by atoms with E-state index in [1.165, 1.54) is 16.4 Å². The summed E-state index contributed by atoms with van der Waals surface area (Å²) in [4.78, 5) is 14.8. The lowest BCUT2D eigenvalue weighted by molar-refractivity contribution is 0.0532. The first-order valence-electron chi connectivity index (χ1n) is 8.95. The lowest BCUT2D eigenvalue weighted by Gasteiger charge is -2.42. The summed E-state index contributed by atoms with van der Waals surface area (Å²) in [6, 6.07) is 6.37. The number of nitrogens with zero attached hydrogens (tertiary/aromatic N) is 2. The van der Waals surface area contributed by atoms with E-state index in [-0.39, 0.29) is 22.3 Å². The van der Waals surface area contributed by atoms with E-state index < -0.39 is 10.0 Å². The molecule has 2 N–H and O–H groups in total. The molecule has 8 heteroatoms. The minimum atomic E-state index is -3.62. The summed E-state index contributed by atoms with van der Waals surface area (Å²) in [7, 11) is -3.62. The molecule has 1 amide bonds. The number of benzene rings is 1. The van der Waals surface area contributed by atoms with Crippen LogP contribution in [0.5, 0.6) is 0 Å². The number of hydrogen-bond acceptors (Lipinski definition) is 5. The van der Waals surface area contributed by atoms with E-state index in [4.69, 9.17) is 10.5 Å². The van der Waals surface area contributed by atoms with Crippen LogP contribution in [-0.4, -0.2) is 69.0 Å². The Bertz CT molecular complexity index is 772. The van der Waals surface area contributed by atoms with E-state index in [9.17, 15) is 13.2 Å². The SMILES string of the molecule is CC1(C)CN(C(=O)c2cccc(S(=O)(=O)N3CCOCC3)c2)CCC1N. The number of sulfonamides is 1. The molecule has 0 bridgehead atoms. The van der Waals surface area contributed by atoms with E-state index in [1.54, 1.807) is 17.0 Å². The molecular formula is C18H27N3O4S. The minimum absolute atomic E-state index is 0.0552. The molecule has 2 aliphatic rings. The molecule has 3 rings (SSSR count). The average molecular weight is 381 g/mol. The van der Waals surface area contributed by atoms with Crippen molar-refractivity contribution in [2.75, 3.05) is 39.4 Å². The molecule has 26 heavy (non-hydrogen) atoms. The van der Waals surface area contributed by atoms with Crippen LogP contribution in [-0.2, 0) is 14.8 Å². The molecule has 144 valence electrons. The molecule has 1 aromatic carbocycles. The maximum Gasteiger partial charge on any atom is 0.253 e. The first-order valence-corrected chi connectivity index (χ1v) is 10.4. The molecule has 0 aromatic heterocycles. The highest BCUT2D eigenvalue weighted by atomic mass is 32.2. The van der Waals surface area contributed by atoms with E-state index in [1.807, 2.05) is 0 Å². The Labute approximate surface area is 155 Å². The van der Waals surface area contributed by atoms with Crippen LogP contribution in [0.25, 0.3) is 0 Å². The van der Waals surface area contributed by atoms with Crippen LogP contribution in [0.3, 0.4) is 0 Å². The first kappa shape index (κ1) is 19.3. The van der Waals surface area contributed by atoms with E-state index in [0.717, 1.165) is 6.42 Å². The highest BCUT2D eigenvalue weighted by molar-refractivity contribution is 7.89. The van der Waals surface area contributed by atoms with Gasteiger partial charge in [-0.1, -0.05) is 19.9 Å². The van der Waals surface area contributed by atoms with Gasteiger partial charge < -0.3 is 15.4 Å². The van der Waals surface area contributed by atoms with Crippen LogP contribution >= 0.6 is 0 Å². The number of nitrogens with two attached hydrogens (primary N) is 1. The highest BCUT2D eigenvalue weighted by Gasteiger charge is 2.36. The van der Waals surface area contributed by atoms with Gasteiger partial charge in [-0.15, -0.1) is 0 Å². The molecule has 2 heterocycles. The predicted molar refractivity (Wildman–Crippen MR) is 98.3 cm³/mol. The van der Waals surface area contributed by atoms with Crippen molar-refractivity contribution in [2.45, 2.75) is 31.2 Å². The summed E-state index contributed by atoms with van der Waals surface area (Å²) in [5.74, 6) is -0.149. The topological polar surface area (TPSA) is 92.9 Å². The Morgan fingerprint density at radius 2 is 1.92 bits per heavy atom. The number of hydrogen-bond donors (Lipinski definition) is 1. The fourth-order valence-electron chi connectivity index (χ4n) is 3.46. The Morgan fingerprint density at radius 1 is 1.23 bits per heavy atom. The van der Waals surface area contributed by atoms with Gasteiger partial charge in [-0.2, -0.15) is 4.31 Å². The Kier molecular flexibility index (Phi) is 5.39. The zero-order valence-corrected chi connectivity index (χ0v) is 16.2. The van der Waals surface area contributed by atoms with Gasteiger partial charge in [0.25, 0.3) is 5.91 Å². The van der Waals surface area contributed by atoms with Crippen molar-refractivity contribution in [1.82, 2.24) is 9.21 Å². The fourth-order valence-corrected chi connectivity index (χ4v) is 4.91. The monoisotopic (exact) mass is 381 g/mol. The second-order valence-electron chi connectivity index (χ2n) is 7.65. The second-order valence-corrected chi connectivity index (χ2v) is 9.59. The zero-order chi connectivity index (χ0) is 18.9. The van der Waals surface area contributed by atoms with Crippen molar-refractivity contribution < 1.29 is 17.9 Å². The number of carbonyl (C=O) groups excluding carboxylic acids is 1. The smallest absolute Gasteiger partial charge is 0.253 e. The molecule has 2 aliphatic heterocycles. The fraction of sp³-hybridized carbons (Fsp3) is 0.611. The van der Waals surface area contributed by atoms with Gasteiger partial charge >= 0.3 is 0 Å². The molecule has 0 saturated carbocycles. The number of amides is 1. The van der Waals surface area contributed by atoms with Crippen LogP contribution in [0.2, 0.25) is 0 Å². The van der Waals surface area contributed by atoms with E-state index in [0.29, 0.717) is 45.0 Å². The van der Waals surface area contributed by atoms with Crippen molar-refractivity contribution in [3.8, 4) is 0 Å². The minimum Gasteiger partial charge on any atom is -0.379 e. The van der Waals surface area contributed by atoms with Gasteiger partial charge in [0.05, 0.1) is 18.1 Å². The number of carbonyl (C=O) groups is 1. The normalized spacial score (nSPS) is 24.4. The number of morpholine rings is 1. The molecule has 7 nitrogen and oxygen atoms in total. The lowest BCUT2D eigenvalue weighted by atomic mass is 9.79. The summed E-state index contributed by atoms with van der Waals surface area (Å²) in [6.07, 6.45) is 0.741. The third-order valence-electron chi connectivity index (χ3n) is 5.29. The van der Waals surface area contributed by atoms with Crippen molar-refractivity contribution in [3.63, 3.8) is 0 Å². The van der Waals surface area contributed by atoms with Gasteiger partial charge in [0, 0.05) is 37.8 Å². The van der Waals surface area contributed by atoms with E-state index in [2.05, 4.69) is 13.8 Å². The number of piperidine rings is 1. The maximum atomic E-state index is 12.9. The van der Waals surface area contributed by atoms with Crippen LogP contribution in [0.15, 0.2) is 29.2 Å². The number of likely N-dealkylation sites (tertiary alicyclic amines) is 1. The summed E-state index contributed by atoms with van der Waals surface area (Å²) in [6.45, 7) is 6.70. The molecule has 0 radical (unpaired) electrons. The molecule has 1 aromatic rings. The van der Waals surface area contributed by atoms with Crippen LogP contribution in [0.4, 0.5) is 0 Å². The molecule has 0 spiro atoms. The van der Waals surface area contributed by atoms with E-state index >= 15 is 0 Å². The summed E-state index contributed by atoms with van der Waals surface area (Å²) < 4.78 is 32.3. The quantitative estimate of drug-likeness (QED) is 0.840. The Hall–Kier alpha value is -1.48. The third kappa shape index (κ3) is 3.78. The van der Waals surface area contributed by atoms with Gasteiger partial charge in [-0.25, -0.2) is 8.42 Å². The molecule has 1 atom stereocenters. The van der Waals surface area contributed by atoms with Gasteiger partial charge in [0.2, 0.25) is 10.0 Å². The van der Waals surface area contributed by atoms with Crippen LogP contribution in [0.1, 0.15) is 30.6 Å². The summed E-state index contributed by atoms with van der Waals surface area (Å²) in [5.41, 5.74) is 6.38. The molecule has 2 fully saturated rings. The summed E-state index contributed by atoms with van der Waals surface area (Å²) >= 11 is 0. The Balaban J connectivity index is 1.82. The van der Waals surface area contributed by atoms with Crippen LogP contribution in [0, 0.1) is 5.41 Å². The predicted octanol–water partition coefficient (Wildman–Crippen LogP) is 0.907. The molecule has 0 aliphatic carbocycles. The zero-order valence-electron chi connectivity index (χ0n) is 15.3. The van der Waals surface area contributed by atoms with Gasteiger partial charge in [-0.05, 0) is 30.0 Å². The van der Waals surface area contributed by atoms with Gasteiger partial charge in [0.15, 0.2) is 0 Å². The van der Waals surface area contributed by atoms with Gasteiger partial charge in [-0.3, -0.25) is 4.79 Å². The number of ether oxygens (including phenoxy) is 1. The standard InChI is InChI=1S/C18H27N3O4S/c1-18(2)13-20(7-6-16(18)19)17(22)14-4-3-5-15(12-14)26(23,24)21-8-10-25-11-9-21/h3-5,12,16H,6-11,13,19H2,1-2H3. The summed E-state index contributed by atoms with van der Waals surface area (Å²) in [5, 5.41) is 0. The Morgan fingerprint density at radius 3 is 2.58 bits per heavy atom. The maximum absolute atomic E-state index is 12.9. The van der Waals surface area contributed by atoms with Crippen LogP contribution < -0.4 is 5.73 Å². The average Bonchev–Trinajstić information content (AvgIpc) is 2.64. The van der Waals surface area contributed by atoms with Crippen molar-refractivity contribution in [1.29, 1.82) is 0 Å². The number of rotatable bonds is 3. The van der Waals surface area contributed by atoms with Crippen molar-refractivity contribution >= 4 is 15.9 Å². The third-order valence-corrected chi connectivity index (χ3v) is 7.18. The molecule has 2 saturated heterocycles.